The molecule has 0 radical (unpaired) electrons. The van der Waals surface area contributed by atoms with Gasteiger partial charge in [0, 0.05) is 24.8 Å². The quantitative estimate of drug-likeness (QED) is 0.762. The lowest BCUT2D eigenvalue weighted by Crippen LogP contribution is -2.33. The molecule has 18 heavy (non-hydrogen) atoms. The molecule has 6 heteroatoms. The second-order valence-electron chi connectivity index (χ2n) is 3.74. The summed E-state index contributed by atoms with van der Waals surface area (Å²) in [6.45, 7) is 1.98. The maximum Gasteiger partial charge on any atom is 0.176 e. The van der Waals surface area contributed by atoms with Crippen LogP contribution in [0.25, 0.3) is 0 Å². The summed E-state index contributed by atoms with van der Waals surface area (Å²) < 4.78 is 17.5. The van der Waals surface area contributed by atoms with Gasteiger partial charge in [0.1, 0.15) is 5.75 Å². The molecule has 0 aliphatic rings. The van der Waals surface area contributed by atoms with E-state index >= 15 is 0 Å². The third-order valence-corrected chi connectivity index (χ3v) is 3.77. The molecular weight excluding hydrogens is 366 g/mol. The van der Waals surface area contributed by atoms with Crippen molar-refractivity contribution in [3.8, 4) is 5.75 Å². The second-order valence-corrected chi connectivity index (χ2v) is 5.45. The van der Waals surface area contributed by atoms with Gasteiger partial charge >= 0.3 is 0 Å². The number of nitrogens with one attached hydrogen (secondary N) is 1. The van der Waals surface area contributed by atoms with E-state index in [2.05, 4.69) is 37.2 Å². The van der Waals surface area contributed by atoms with Gasteiger partial charge in [0.05, 0.1) is 23.3 Å². The predicted octanol–water partition coefficient (Wildman–Crippen LogP) is 3.64. The van der Waals surface area contributed by atoms with Crippen molar-refractivity contribution in [2.75, 3.05) is 26.6 Å². The van der Waals surface area contributed by atoms with Gasteiger partial charge in [-0.1, -0.05) is 0 Å². The Hall–Kier alpha value is -0.300. The maximum atomic E-state index is 5.27. The minimum atomic E-state index is -0.313. The van der Waals surface area contributed by atoms with Crippen molar-refractivity contribution in [1.82, 2.24) is 0 Å². The fraction of sp³-hybridized carbons (Fsp3) is 0.500. The summed E-state index contributed by atoms with van der Waals surface area (Å²) in [5.41, 5.74) is 0.918. The first kappa shape index (κ1) is 15.8. The summed E-state index contributed by atoms with van der Waals surface area (Å²) in [5, 5.41) is 3.32. The summed E-state index contributed by atoms with van der Waals surface area (Å²) in [5.74, 6) is 0.763. The molecule has 4 nitrogen and oxygen atoms in total. The average Bonchev–Trinajstić information content (AvgIpc) is 2.34. The van der Waals surface area contributed by atoms with E-state index < -0.39 is 0 Å². The molecule has 1 atom stereocenters. The monoisotopic (exact) mass is 381 g/mol. The Balaban J connectivity index is 2.90. The number of methoxy groups -OCH3 is 3. The lowest BCUT2D eigenvalue weighted by Gasteiger charge is -2.24. The van der Waals surface area contributed by atoms with Crippen LogP contribution in [0.2, 0.25) is 0 Å². The highest BCUT2D eigenvalue weighted by atomic mass is 79.9. The topological polar surface area (TPSA) is 39.7 Å². The van der Waals surface area contributed by atoms with Crippen LogP contribution in [0.4, 0.5) is 5.69 Å². The Bertz CT molecular complexity index is 397. The number of benzene rings is 1. The van der Waals surface area contributed by atoms with Crippen molar-refractivity contribution in [3.63, 3.8) is 0 Å². The first-order valence-corrected chi connectivity index (χ1v) is 6.97. The van der Waals surface area contributed by atoms with E-state index in [0.717, 1.165) is 20.4 Å². The number of hydrogen-bond acceptors (Lipinski definition) is 4. The van der Waals surface area contributed by atoms with Crippen molar-refractivity contribution >= 4 is 37.5 Å². The molecule has 1 N–H and O–H groups in total. The fourth-order valence-electron chi connectivity index (χ4n) is 1.61. The van der Waals surface area contributed by atoms with E-state index in [1.54, 1.807) is 21.3 Å². The van der Waals surface area contributed by atoms with E-state index in [4.69, 9.17) is 14.2 Å². The lowest BCUT2D eigenvalue weighted by atomic mass is 10.2. The van der Waals surface area contributed by atoms with Crippen LogP contribution in [0.15, 0.2) is 21.1 Å². The van der Waals surface area contributed by atoms with E-state index in [-0.39, 0.29) is 12.3 Å². The zero-order valence-corrected chi connectivity index (χ0v) is 14.0. The molecule has 0 heterocycles. The highest BCUT2D eigenvalue weighted by molar-refractivity contribution is 9.11. The summed E-state index contributed by atoms with van der Waals surface area (Å²) in [7, 11) is 4.86. The summed E-state index contributed by atoms with van der Waals surface area (Å²) in [6, 6.07) is 3.84. The molecule has 0 aromatic heterocycles. The van der Waals surface area contributed by atoms with Crippen molar-refractivity contribution in [2.24, 2.45) is 0 Å². The maximum absolute atomic E-state index is 5.27. The normalized spacial score (nSPS) is 12.6. The van der Waals surface area contributed by atoms with Gasteiger partial charge in [0.25, 0.3) is 0 Å². The molecule has 0 bridgehead atoms. The van der Waals surface area contributed by atoms with Gasteiger partial charge in [-0.05, 0) is 44.8 Å². The lowest BCUT2D eigenvalue weighted by molar-refractivity contribution is -0.109. The van der Waals surface area contributed by atoms with Crippen molar-refractivity contribution in [3.05, 3.63) is 21.1 Å². The Kier molecular flexibility index (Phi) is 6.42. The average molecular weight is 383 g/mol. The Labute approximate surface area is 124 Å². The summed E-state index contributed by atoms with van der Waals surface area (Å²) in [4.78, 5) is 0. The van der Waals surface area contributed by atoms with Gasteiger partial charge in [0.15, 0.2) is 6.29 Å². The molecule has 0 saturated carbocycles. The molecule has 1 rings (SSSR count). The zero-order chi connectivity index (χ0) is 13.7. The SMILES string of the molecule is COc1cc(NC(C)C(OC)OC)c(Br)cc1Br. The van der Waals surface area contributed by atoms with Crippen molar-refractivity contribution in [2.45, 2.75) is 19.3 Å². The molecule has 1 unspecified atom stereocenters. The van der Waals surface area contributed by atoms with Crippen LogP contribution in [0.5, 0.6) is 5.75 Å². The molecule has 1 aromatic rings. The number of hydrogen-bond donors (Lipinski definition) is 1. The van der Waals surface area contributed by atoms with Crippen molar-refractivity contribution < 1.29 is 14.2 Å². The Morgan fingerprint density at radius 1 is 1.06 bits per heavy atom. The number of anilines is 1. The Morgan fingerprint density at radius 3 is 2.17 bits per heavy atom. The first-order chi connectivity index (χ1) is 8.53. The van der Waals surface area contributed by atoms with Crippen LogP contribution in [0.3, 0.4) is 0 Å². The third-order valence-electron chi connectivity index (χ3n) is 2.50. The van der Waals surface area contributed by atoms with E-state index in [1.165, 1.54) is 0 Å². The summed E-state index contributed by atoms with van der Waals surface area (Å²) in [6.07, 6.45) is -0.313. The highest BCUT2D eigenvalue weighted by Crippen LogP contribution is 2.35. The van der Waals surface area contributed by atoms with Crippen LogP contribution >= 0.6 is 31.9 Å². The van der Waals surface area contributed by atoms with Gasteiger partial charge in [-0.2, -0.15) is 0 Å². The number of ether oxygens (including phenoxy) is 3. The van der Waals surface area contributed by atoms with Gasteiger partial charge in [0.2, 0.25) is 0 Å². The second kappa shape index (κ2) is 7.33. The van der Waals surface area contributed by atoms with Crippen LogP contribution < -0.4 is 10.1 Å². The summed E-state index contributed by atoms with van der Waals surface area (Å²) >= 11 is 6.93. The zero-order valence-electron chi connectivity index (χ0n) is 10.8. The molecule has 0 fully saturated rings. The molecule has 102 valence electrons. The highest BCUT2D eigenvalue weighted by Gasteiger charge is 2.17. The Morgan fingerprint density at radius 2 is 1.67 bits per heavy atom. The molecule has 0 aliphatic carbocycles. The van der Waals surface area contributed by atoms with E-state index in [9.17, 15) is 0 Å². The minimum Gasteiger partial charge on any atom is -0.495 e. The minimum absolute atomic E-state index is 0.00202. The smallest absolute Gasteiger partial charge is 0.176 e. The standard InChI is InChI=1S/C12H17Br2NO3/c1-7(12(17-3)18-4)15-10-6-11(16-2)9(14)5-8(10)13/h5-7,12,15H,1-4H3. The van der Waals surface area contributed by atoms with Gasteiger partial charge < -0.3 is 19.5 Å². The molecule has 0 spiro atoms. The van der Waals surface area contributed by atoms with Crippen molar-refractivity contribution in [1.29, 1.82) is 0 Å². The molecular formula is C12H17Br2NO3. The van der Waals surface area contributed by atoms with Gasteiger partial charge in [-0.3, -0.25) is 0 Å². The largest absolute Gasteiger partial charge is 0.495 e. The van der Waals surface area contributed by atoms with Gasteiger partial charge in [-0.15, -0.1) is 0 Å². The third kappa shape index (κ3) is 3.85. The van der Waals surface area contributed by atoms with Crippen LogP contribution in [-0.2, 0) is 9.47 Å². The van der Waals surface area contributed by atoms with Crippen LogP contribution in [-0.4, -0.2) is 33.7 Å². The number of halogens is 2. The predicted molar refractivity (Wildman–Crippen MR) is 79.3 cm³/mol. The fourth-order valence-corrected chi connectivity index (χ4v) is 2.88. The van der Waals surface area contributed by atoms with E-state index in [0.29, 0.717) is 0 Å². The molecule has 0 saturated heterocycles. The van der Waals surface area contributed by atoms with Crippen LogP contribution in [0, 0.1) is 0 Å². The van der Waals surface area contributed by atoms with Crippen LogP contribution in [0.1, 0.15) is 6.92 Å². The van der Waals surface area contributed by atoms with Gasteiger partial charge in [-0.25, -0.2) is 0 Å². The molecule has 0 amide bonds. The molecule has 1 aromatic carbocycles. The molecule has 0 aliphatic heterocycles. The number of rotatable bonds is 6. The first-order valence-electron chi connectivity index (χ1n) is 5.38. The van der Waals surface area contributed by atoms with E-state index in [1.807, 2.05) is 19.1 Å².